The van der Waals surface area contributed by atoms with Gasteiger partial charge in [0.2, 0.25) is 5.91 Å². The number of carbonyl (C=O) groups is 1. The summed E-state index contributed by atoms with van der Waals surface area (Å²) in [6, 6.07) is 8.19. The third kappa shape index (κ3) is 3.64. The molecule has 0 radical (unpaired) electrons. The van der Waals surface area contributed by atoms with Crippen LogP contribution in [0, 0.1) is 26.2 Å². The van der Waals surface area contributed by atoms with Crippen molar-refractivity contribution in [2.75, 3.05) is 26.8 Å². The largest absolute Gasteiger partial charge is 0.381 e. The summed E-state index contributed by atoms with van der Waals surface area (Å²) in [6.07, 6.45) is 1.38. The average Bonchev–Trinajstić information content (AvgIpc) is 2.96. The van der Waals surface area contributed by atoms with E-state index in [1.54, 1.807) is 4.90 Å². The molecule has 2 N–H and O–H groups in total. The second-order valence-electron chi connectivity index (χ2n) is 7.61. The predicted molar refractivity (Wildman–Crippen MR) is 106 cm³/mol. The number of benzene rings is 1. The number of hydrogen-bond donors (Lipinski definition) is 1. The summed E-state index contributed by atoms with van der Waals surface area (Å²) in [6.45, 7) is 8.23. The summed E-state index contributed by atoms with van der Waals surface area (Å²) >= 11 is 0. The monoisotopic (exact) mass is 370 g/mol. The fourth-order valence-electron chi connectivity index (χ4n) is 3.92. The van der Waals surface area contributed by atoms with E-state index in [2.05, 4.69) is 26.0 Å². The van der Waals surface area contributed by atoms with Crippen LogP contribution in [0.15, 0.2) is 24.3 Å². The lowest BCUT2D eigenvalue weighted by molar-refractivity contribution is -0.146. The lowest BCUT2D eigenvalue weighted by atomic mass is 9.79. The van der Waals surface area contributed by atoms with E-state index >= 15 is 0 Å². The Morgan fingerprint density at radius 1 is 1.26 bits per heavy atom. The molecule has 1 amide bonds. The van der Waals surface area contributed by atoms with Crippen molar-refractivity contribution in [1.29, 1.82) is 0 Å². The van der Waals surface area contributed by atoms with Gasteiger partial charge >= 0.3 is 0 Å². The molecule has 3 rings (SSSR count). The molecule has 0 atom stereocenters. The number of hydrogen-bond acceptors (Lipinski definition) is 4. The number of nitrogens with two attached hydrogens (primary N) is 1. The molecule has 0 spiro atoms. The Morgan fingerprint density at radius 3 is 2.56 bits per heavy atom. The zero-order valence-electron chi connectivity index (χ0n) is 16.8. The number of carbonyl (C=O) groups excluding carboxylic acids is 1. The Hall–Kier alpha value is -2.18. The van der Waals surface area contributed by atoms with Gasteiger partial charge in [-0.1, -0.05) is 18.2 Å². The van der Waals surface area contributed by atoms with Gasteiger partial charge in [0, 0.05) is 44.6 Å². The van der Waals surface area contributed by atoms with Crippen molar-refractivity contribution >= 4 is 5.91 Å². The topological polar surface area (TPSA) is 73.4 Å². The Bertz CT molecular complexity index is 822. The number of para-hydroxylation sites is 1. The van der Waals surface area contributed by atoms with Crippen molar-refractivity contribution in [2.45, 2.75) is 40.2 Å². The maximum atomic E-state index is 13.2. The van der Waals surface area contributed by atoms with E-state index < -0.39 is 5.41 Å². The summed E-state index contributed by atoms with van der Waals surface area (Å²) in [7, 11) is 1.86. The third-order valence-corrected chi connectivity index (χ3v) is 5.82. The van der Waals surface area contributed by atoms with Crippen LogP contribution in [0.1, 0.15) is 35.4 Å². The number of amides is 1. The molecule has 0 unspecified atom stereocenters. The van der Waals surface area contributed by atoms with Crippen molar-refractivity contribution in [3.63, 3.8) is 0 Å². The first-order valence-electron chi connectivity index (χ1n) is 9.54. The zero-order valence-corrected chi connectivity index (χ0v) is 16.8. The molecule has 1 fully saturated rings. The van der Waals surface area contributed by atoms with Gasteiger partial charge in [-0.2, -0.15) is 5.10 Å². The fraction of sp³-hybridized carbons (Fsp3) is 0.524. The molecule has 146 valence electrons. The third-order valence-electron chi connectivity index (χ3n) is 5.82. The normalized spacial score (nSPS) is 16.3. The molecule has 27 heavy (non-hydrogen) atoms. The van der Waals surface area contributed by atoms with Crippen LogP contribution in [0.5, 0.6) is 0 Å². The summed E-state index contributed by atoms with van der Waals surface area (Å²) in [5.41, 5.74) is 10.9. The van der Waals surface area contributed by atoms with Gasteiger partial charge in [0.15, 0.2) is 0 Å². The van der Waals surface area contributed by atoms with Crippen molar-refractivity contribution < 1.29 is 9.53 Å². The Morgan fingerprint density at radius 2 is 1.93 bits per heavy atom. The van der Waals surface area contributed by atoms with E-state index in [0.29, 0.717) is 39.1 Å². The van der Waals surface area contributed by atoms with Crippen LogP contribution < -0.4 is 5.73 Å². The van der Waals surface area contributed by atoms with Gasteiger partial charge in [0.25, 0.3) is 0 Å². The molecule has 0 aliphatic carbocycles. The van der Waals surface area contributed by atoms with Crippen LogP contribution in [-0.2, 0) is 16.1 Å². The number of rotatable bonds is 5. The molecular weight excluding hydrogens is 340 g/mol. The number of ether oxygens (including phenoxy) is 1. The highest BCUT2D eigenvalue weighted by Crippen LogP contribution is 2.32. The maximum Gasteiger partial charge on any atom is 0.230 e. The first-order chi connectivity index (χ1) is 12.9. The van der Waals surface area contributed by atoms with Gasteiger partial charge in [-0.3, -0.25) is 4.79 Å². The molecule has 1 saturated heterocycles. The van der Waals surface area contributed by atoms with Gasteiger partial charge in [-0.25, -0.2) is 4.68 Å². The molecule has 2 aromatic rings. The van der Waals surface area contributed by atoms with Gasteiger partial charge < -0.3 is 15.4 Å². The first kappa shape index (κ1) is 19.6. The molecule has 6 nitrogen and oxygen atoms in total. The van der Waals surface area contributed by atoms with E-state index in [-0.39, 0.29) is 5.91 Å². The average molecular weight is 370 g/mol. The Labute approximate surface area is 161 Å². The minimum Gasteiger partial charge on any atom is -0.381 e. The van der Waals surface area contributed by atoms with Crippen LogP contribution in [-0.4, -0.2) is 47.4 Å². The Balaban J connectivity index is 1.85. The molecule has 6 heteroatoms. The minimum atomic E-state index is -0.499. The van der Waals surface area contributed by atoms with Crippen LogP contribution in [0.4, 0.5) is 0 Å². The molecule has 1 aliphatic rings. The summed E-state index contributed by atoms with van der Waals surface area (Å²) in [5.74, 6) is 0.107. The van der Waals surface area contributed by atoms with E-state index in [1.165, 1.54) is 5.56 Å². The van der Waals surface area contributed by atoms with E-state index in [0.717, 1.165) is 22.6 Å². The maximum absolute atomic E-state index is 13.2. The number of aryl methyl sites for hydroxylation is 2. The molecule has 1 aliphatic heterocycles. The van der Waals surface area contributed by atoms with Crippen molar-refractivity contribution in [2.24, 2.45) is 11.1 Å². The number of nitrogens with zero attached hydrogens (tertiary/aromatic N) is 3. The molecule has 2 heterocycles. The van der Waals surface area contributed by atoms with E-state index in [4.69, 9.17) is 15.6 Å². The smallest absolute Gasteiger partial charge is 0.230 e. The molecular formula is C21H30N4O2. The number of aromatic nitrogens is 2. The van der Waals surface area contributed by atoms with E-state index in [9.17, 15) is 4.79 Å². The predicted octanol–water partition coefficient (Wildman–Crippen LogP) is 2.51. The zero-order chi connectivity index (χ0) is 19.6. The summed E-state index contributed by atoms with van der Waals surface area (Å²) in [5, 5.41) is 4.74. The minimum absolute atomic E-state index is 0.107. The first-order valence-corrected chi connectivity index (χ1v) is 9.54. The highest BCUT2D eigenvalue weighted by atomic mass is 16.5. The SMILES string of the molecule is Cc1ccccc1-n1nc(C)c(CN(C)C(=O)C2(CN)CCOCC2)c1C. The van der Waals surface area contributed by atoms with Crippen LogP contribution in [0.25, 0.3) is 5.69 Å². The lowest BCUT2D eigenvalue weighted by Crippen LogP contribution is -2.49. The highest BCUT2D eigenvalue weighted by Gasteiger charge is 2.40. The Kier molecular flexibility index (Phi) is 5.67. The van der Waals surface area contributed by atoms with Gasteiger partial charge in [0.1, 0.15) is 0 Å². The quantitative estimate of drug-likeness (QED) is 0.878. The van der Waals surface area contributed by atoms with Crippen LogP contribution in [0.3, 0.4) is 0 Å². The standard InChI is InChI=1S/C21H30N4O2/c1-15-7-5-6-8-19(15)25-17(3)18(16(2)23-25)13-24(4)20(26)21(14-22)9-11-27-12-10-21/h5-8H,9-14,22H2,1-4H3. The van der Waals surface area contributed by atoms with Crippen molar-refractivity contribution in [3.05, 3.63) is 46.8 Å². The molecule has 0 bridgehead atoms. The summed E-state index contributed by atoms with van der Waals surface area (Å²) in [4.78, 5) is 15.0. The second kappa shape index (κ2) is 7.82. The van der Waals surface area contributed by atoms with Gasteiger partial charge in [-0.15, -0.1) is 0 Å². The fourth-order valence-corrected chi connectivity index (χ4v) is 3.92. The second-order valence-corrected chi connectivity index (χ2v) is 7.61. The van der Waals surface area contributed by atoms with Gasteiger partial charge in [-0.05, 0) is 45.2 Å². The molecule has 1 aromatic heterocycles. The summed E-state index contributed by atoms with van der Waals surface area (Å²) < 4.78 is 7.41. The lowest BCUT2D eigenvalue weighted by Gasteiger charge is -2.37. The van der Waals surface area contributed by atoms with Crippen LogP contribution in [0.2, 0.25) is 0 Å². The van der Waals surface area contributed by atoms with E-state index in [1.807, 2.05) is 30.8 Å². The van der Waals surface area contributed by atoms with Crippen molar-refractivity contribution in [1.82, 2.24) is 14.7 Å². The van der Waals surface area contributed by atoms with Crippen molar-refractivity contribution in [3.8, 4) is 5.69 Å². The van der Waals surface area contributed by atoms with Gasteiger partial charge in [0.05, 0.1) is 16.8 Å². The van der Waals surface area contributed by atoms with Crippen LogP contribution >= 0.6 is 0 Å². The molecule has 0 saturated carbocycles. The molecule has 1 aromatic carbocycles. The highest BCUT2D eigenvalue weighted by molar-refractivity contribution is 5.83.